The molecule has 0 heterocycles. The lowest BCUT2D eigenvalue weighted by Gasteiger charge is -2.13. The fraction of sp³-hybridized carbons (Fsp3) is 0.714. The van der Waals surface area contributed by atoms with E-state index < -0.39 is 11.9 Å². The van der Waals surface area contributed by atoms with Crippen LogP contribution in [0.15, 0.2) is 0 Å². The minimum atomic E-state index is -1.09. The molecule has 3 heteroatoms. The van der Waals surface area contributed by atoms with Gasteiger partial charge in [0.15, 0.2) is 0 Å². The summed E-state index contributed by atoms with van der Waals surface area (Å²) in [6, 6.07) is 0. The summed E-state index contributed by atoms with van der Waals surface area (Å²) in [7, 11) is 0. The van der Waals surface area contributed by atoms with Crippen molar-refractivity contribution in [1.82, 2.24) is 0 Å². The molecule has 0 aliphatic heterocycles. The molecule has 0 aliphatic rings. The molecule has 0 aromatic carbocycles. The summed E-state index contributed by atoms with van der Waals surface area (Å²) in [6.45, 7) is 3.22. The summed E-state index contributed by atoms with van der Waals surface area (Å²) in [4.78, 5) is 20.2. The van der Waals surface area contributed by atoms with Crippen LogP contribution >= 0.6 is 0 Å². The number of carboxylic acids is 1. The zero-order valence-corrected chi connectivity index (χ0v) is 6.16. The molecule has 0 bridgehead atoms. The number of aliphatic carboxylic acids is 1. The van der Waals surface area contributed by atoms with Crippen molar-refractivity contribution in [3.05, 3.63) is 0 Å². The van der Waals surface area contributed by atoms with Crippen LogP contribution in [0.25, 0.3) is 0 Å². The van der Waals surface area contributed by atoms with Gasteiger partial charge < -0.3 is 14.7 Å². The van der Waals surface area contributed by atoms with E-state index >= 15 is 0 Å². The predicted molar refractivity (Wildman–Crippen MR) is 34.0 cm³/mol. The maximum Gasteiger partial charge on any atom is 0.122 e. The van der Waals surface area contributed by atoms with E-state index in [0.29, 0.717) is 6.42 Å². The zero-order chi connectivity index (χ0) is 8.15. The molecular weight excluding hydrogens is 132 g/mol. The van der Waals surface area contributed by atoms with Crippen LogP contribution in [0.1, 0.15) is 20.3 Å². The highest BCUT2D eigenvalue weighted by atomic mass is 16.4. The third-order valence-corrected chi connectivity index (χ3v) is 1.36. The van der Waals surface area contributed by atoms with Crippen LogP contribution in [0.3, 0.4) is 0 Å². The van der Waals surface area contributed by atoms with Gasteiger partial charge in [-0.1, -0.05) is 13.8 Å². The van der Waals surface area contributed by atoms with Crippen LogP contribution < -0.4 is 5.11 Å². The number of carboxylic acid groups (broad SMARTS) is 1. The van der Waals surface area contributed by atoms with Crippen molar-refractivity contribution in [3.8, 4) is 0 Å². The minimum absolute atomic E-state index is 0.187. The largest absolute Gasteiger partial charge is 0.550 e. The number of hydrogen-bond acceptors (Lipinski definition) is 3. The second-order valence-corrected chi connectivity index (χ2v) is 2.57. The van der Waals surface area contributed by atoms with E-state index in [-0.39, 0.29) is 5.92 Å². The Labute approximate surface area is 60.0 Å². The fourth-order valence-electron chi connectivity index (χ4n) is 0.709. The van der Waals surface area contributed by atoms with Crippen molar-refractivity contribution in [2.45, 2.75) is 20.3 Å². The molecule has 0 aromatic rings. The van der Waals surface area contributed by atoms with Crippen LogP contribution in [-0.4, -0.2) is 12.3 Å². The average Bonchev–Trinajstić information content (AvgIpc) is 1.87. The molecule has 0 N–H and O–H groups in total. The lowest BCUT2D eigenvalue weighted by atomic mass is 9.99. The standard InChI is InChI=1S/C7H12O3/c1-5(4-8)3-6(2)7(9)10/h4-6H,3H2,1-2H3,(H,9,10)/p-1. The van der Waals surface area contributed by atoms with Gasteiger partial charge in [0.25, 0.3) is 0 Å². The summed E-state index contributed by atoms with van der Waals surface area (Å²) in [5.41, 5.74) is 0. The summed E-state index contributed by atoms with van der Waals surface area (Å²) in [5, 5.41) is 10.1. The van der Waals surface area contributed by atoms with Gasteiger partial charge in [-0.25, -0.2) is 0 Å². The van der Waals surface area contributed by atoms with Crippen LogP contribution in [0, 0.1) is 11.8 Å². The van der Waals surface area contributed by atoms with E-state index in [1.54, 1.807) is 6.92 Å². The van der Waals surface area contributed by atoms with E-state index in [9.17, 15) is 14.7 Å². The fourth-order valence-corrected chi connectivity index (χ4v) is 0.709. The zero-order valence-electron chi connectivity index (χ0n) is 6.16. The second-order valence-electron chi connectivity index (χ2n) is 2.57. The van der Waals surface area contributed by atoms with Gasteiger partial charge in [-0.2, -0.15) is 0 Å². The molecule has 0 spiro atoms. The Morgan fingerprint density at radius 1 is 1.60 bits per heavy atom. The van der Waals surface area contributed by atoms with Gasteiger partial charge in [0, 0.05) is 11.9 Å². The van der Waals surface area contributed by atoms with Crippen LogP contribution in [0.2, 0.25) is 0 Å². The quantitative estimate of drug-likeness (QED) is 0.503. The van der Waals surface area contributed by atoms with Gasteiger partial charge in [0.05, 0.1) is 0 Å². The van der Waals surface area contributed by atoms with E-state index in [2.05, 4.69) is 0 Å². The maximum absolute atomic E-state index is 10.1. The molecule has 0 rings (SSSR count). The Bertz CT molecular complexity index is 131. The minimum Gasteiger partial charge on any atom is -0.550 e. The smallest absolute Gasteiger partial charge is 0.122 e. The summed E-state index contributed by atoms with van der Waals surface area (Å²) in [6.07, 6.45) is 1.12. The lowest BCUT2D eigenvalue weighted by Crippen LogP contribution is -2.30. The number of carbonyl (C=O) groups excluding carboxylic acids is 2. The summed E-state index contributed by atoms with van der Waals surface area (Å²) < 4.78 is 0. The molecule has 0 amide bonds. The van der Waals surface area contributed by atoms with Crippen LogP contribution in [-0.2, 0) is 9.59 Å². The van der Waals surface area contributed by atoms with Crippen molar-refractivity contribution in [1.29, 1.82) is 0 Å². The third kappa shape index (κ3) is 3.22. The van der Waals surface area contributed by atoms with Crippen molar-refractivity contribution in [2.75, 3.05) is 0 Å². The van der Waals surface area contributed by atoms with E-state index in [1.807, 2.05) is 0 Å². The van der Waals surface area contributed by atoms with Gasteiger partial charge in [-0.3, -0.25) is 0 Å². The maximum atomic E-state index is 10.1. The van der Waals surface area contributed by atoms with Crippen molar-refractivity contribution in [2.24, 2.45) is 11.8 Å². The van der Waals surface area contributed by atoms with E-state index in [4.69, 9.17) is 0 Å². The molecule has 0 saturated heterocycles. The van der Waals surface area contributed by atoms with Crippen LogP contribution in [0.5, 0.6) is 0 Å². The molecule has 10 heavy (non-hydrogen) atoms. The Morgan fingerprint density at radius 3 is 2.40 bits per heavy atom. The van der Waals surface area contributed by atoms with Crippen molar-refractivity contribution >= 4 is 12.3 Å². The molecule has 2 unspecified atom stereocenters. The SMILES string of the molecule is CC(C=O)CC(C)C(=O)[O-]. The molecular formula is C7H11O3-. The van der Waals surface area contributed by atoms with Crippen molar-refractivity contribution in [3.63, 3.8) is 0 Å². The van der Waals surface area contributed by atoms with E-state index in [0.717, 1.165) is 6.29 Å². The Hall–Kier alpha value is -0.860. The van der Waals surface area contributed by atoms with Gasteiger partial charge in [-0.05, 0) is 12.3 Å². The summed E-state index contributed by atoms with van der Waals surface area (Å²) in [5.74, 6) is -1.80. The first-order valence-corrected chi connectivity index (χ1v) is 3.24. The Balaban J connectivity index is 3.67. The number of hydrogen-bond donors (Lipinski definition) is 0. The van der Waals surface area contributed by atoms with Crippen molar-refractivity contribution < 1.29 is 14.7 Å². The molecule has 58 valence electrons. The van der Waals surface area contributed by atoms with Gasteiger partial charge in [0.2, 0.25) is 0 Å². The Morgan fingerprint density at radius 2 is 2.10 bits per heavy atom. The monoisotopic (exact) mass is 143 g/mol. The molecule has 0 aromatic heterocycles. The number of rotatable bonds is 4. The first kappa shape index (κ1) is 9.14. The molecule has 0 saturated carbocycles. The predicted octanol–water partition coefficient (Wildman–Crippen LogP) is -0.403. The number of aldehydes is 1. The highest BCUT2D eigenvalue weighted by Gasteiger charge is 2.07. The highest BCUT2D eigenvalue weighted by Crippen LogP contribution is 2.07. The molecule has 2 atom stereocenters. The first-order valence-electron chi connectivity index (χ1n) is 3.24. The topological polar surface area (TPSA) is 57.2 Å². The molecule has 0 radical (unpaired) electrons. The summed E-state index contributed by atoms with van der Waals surface area (Å²) >= 11 is 0. The molecule has 0 aliphatic carbocycles. The molecule has 3 nitrogen and oxygen atoms in total. The van der Waals surface area contributed by atoms with E-state index in [1.165, 1.54) is 6.92 Å². The lowest BCUT2D eigenvalue weighted by molar-refractivity contribution is -0.311. The average molecular weight is 143 g/mol. The second kappa shape index (κ2) is 4.04. The normalized spacial score (nSPS) is 15.8. The van der Waals surface area contributed by atoms with Gasteiger partial charge in [-0.15, -0.1) is 0 Å². The highest BCUT2D eigenvalue weighted by molar-refractivity contribution is 5.67. The third-order valence-electron chi connectivity index (χ3n) is 1.36. The molecule has 0 fully saturated rings. The van der Waals surface area contributed by atoms with Gasteiger partial charge >= 0.3 is 0 Å². The van der Waals surface area contributed by atoms with Crippen LogP contribution in [0.4, 0.5) is 0 Å². The Kier molecular flexibility index (Phi) is 3.69. The van der Waals surface area contributed by atoms with Gasteiger partial charge in [0.1, 0.15) is 6.29 Å². The number of carbonyl (C=O) groups is 2. The first-order chi connectivity index (χ1) is 4.57.